The first-order valence-electron chi connectivity index (χ1n) is 19.5. The first-order chi connectivity index (χ1) is 22.2. The highest BCUT2D eigenvalue weighted by molar-refractivity contribution is 5.42. The summed E-state index contributed by atoms with van der Waals surface area (Å²) in [5.41, 5.74) is 4.59. The fourth-order valence-corrected chi connectivity index (χ4v) is 6.65. The zero-order valence-electron chi connectivity index (χ0n) is 31.4. The smallest absolute Gasteiger partial charge is 0.104 e. The van der Waals surface area contributed by atoms with Crippen LogP contribution in [0, 0.1) is 0 Å². The standard InChI is InChI=1S/C42H74N4/c1-7-9-11-13-15-17-19-21-23-25-35-45(3,4)37-39-27-31-41(32-28-39)43-44-42-33-29-40(30-34-42)38-46(5,6)36-26-24-22-20-18-16-14-12-10-8-2/h27-34H,7-26,35-38H2,1-6H3/q+2. The van der Waals surface area contributed by atoms with E-state index in [-0.39, 0.29) is 0 Å². The number of hydrogen-bond acceptors (Lipinski definition) is 2. The van der Waals surface area contributed by atoms with Gasteiger partial charge in [-0.25, -0.2) is 0 Å². The van der Waals surface area contributed by atoms with Crippen LogP contribution in [0.25, 0.3) is 0 Å². The van der Waals surface area contributed by atoms with Crippen molar-refractivity contribution in [3.05, 3.63) is 59.7 Å². The lowest BCUT2D eigenvalue weighted by atomic mass is 10.1. The first kappa shape index (κ1) is 40.1. The van der Waals surface area contributed by atoms with Gasteiger partial charge in [0.05, 0.1) is 52.7 Å². The molecule has 0 fully saturated rings. The molecule has 0 aliphatic rings. The monoisotopic (exact) mass is 635 g/mol. The lowest BCUT2D eigenvalue weighted by Gasteiger charge is -2.30. The second-order valence-corrected chi connectivity index (χ2v) is 15.5. The average Bonchev–Trinajstić information content (AvgIpc) is 3.03. The number of nitrogens with zero attached hydrogens (tertiary/aromatic N) is 4. The molecule has 0 aliphatic carbocycles. The van der Waals surface area contributed by atoms with Gasteiger partial charge < -0.3 is 8.97 Å². The molecule has 4 nitrogen and oxygen atoms in total. The second kappa shape index (κ2) is 24.2. The van der Waals surface area contributed by atoms with E-state index < -0.39 is 0 Å². The maximum Gasteiger partial charge on any atom is 0.104 e. The summed E-state index contributed by atoms with van der Waals surface area (Å²) in [5.74, 6) is 0. The summed E-state index contributed by atoms with van der Waals surface area (Å²) in [7, 11) is 9.46. The molecule has 0 saturated heterocycles. The van der Waals surface area contributed by atoms with Crippen molar-refractivity contribution in [2.24, 2.45) is 10.2 Å². The average molecular weight is 635 g/mol. The minimum absolute atomic E-state index is 0.919. The predicted molar refractivity (Wildman–Crippen MR) is 202 cm³/mol. The van der Waals surface area contributed by atoms with Gasteiger partial charge in [0.1, 0.15) is 13.1 Å². The minimum Gasteiger partial charge on any atom is -0.325 e. The molecule has 2 aromatic rings. The molecule has 0 unspecified atom stereocenters. The molecule has 0 aromatic heterocycles. The summed E-state index contributed by atoms with van der Waals surface area (Å²) >= 11 is 0. The van der Waals surface area contributed by atoms with E-state index in [0.29, 0.717) is 0 Å². The Balaban J connectivity index is 1.64. The van der Waals surface area contributed by atoms with Crippen LogP contribution in [0.15, 0.2) is 58.8 Å². The van der Waals surface area contributed by atoms with Gasteiger partial charge in [0.15, 0.2) is 0 Å². The quantitative estimate of drug-likeness (QED) is 0.0505. The van der Waals surface area contributed by atoms with Crippen LogP contribution < -0.4 is 0 Å². The molecule has 0 amide bonds. The van der Waals surface area contributed by atoms with Gasteiger partial charge in [-0.05, 0) is 49.9 Å². The van der Waals surface area contributed by atoms with Crippen LogP contribution in [-0.2, 0) is 13.1 Å². The Kier molecular flexibility index (Phi) is 21.1. The van der Waals surface area contributed by atoms with Gasteiger partial charge in [0, 0.05) is 11.1 Å². The molecule has 0 atom stereocenters. The van der Waals surface area contributed by atoms with E-state index >= 15 is 0 Å². The third kappa shape index (κ3) is 20.3. The van der Waals surface area contributed by atoms with Crippen LogP contribution in [-0.4, -0.2) is 50.2 Å². The molecule has 0 saturated carbocycles. The number of quaternary nitrogens is 2. The Morgan fingerprint density at radius 2 is 0.630 bits per heavy atom. The van der Waals surface area contributed by atoms with Crippen molar-refractivity contribution in [3.63, 3.8) is 0 Å². The molecule has 260 valence electrons. The van der Waals surface area contributed by atoms with Crippen LogP contribution >= 0.6 is 0 Å². The van der Waals surface area contributed by atoms with Crippen molar-refractivity contribution >= 4 is 11.4 Å². The molecule has 0 aliphatic heterocycles. The number of hydrogen-bond donors (Lipinski definition) is 0. The fraction of sp³-hybridized carbons (Fsp3) is 0.714. The van der Waals surface area contributed by atoms with Gasteiger partial charge in [0.2, 0.25) is 0 Å². The largest absolute Gasteiger partial charge is 0.325 e. The van der Waals surface area contributed by atoms with Gasteiger partial charge in [0.25, 0.3) is 0 Å². The maximum absolute atomic E-state index is 4.53. The summed E-state index contributed by atoms with van der Waals surface area (Å²) in [6.45, 7) is 9.19. The zero-order chi connectivity index (χ0) is 33.4. The molecule has 0 radical (unpaired) electrons. The van der Waals surface area contributed by atoms with E-state index in [4.69, 9.17) is 0 Å². The van der Waals surface area contributed by atoms with Crippen LogP contribution in [0.5, 0.6) is 0 Å². The summed E-state index contributed by atoms with van der Waals surface area (Å²) in [6, 6.07) is 17.4. The Bertz CT molecular complexity index is 939. The van der Waals surface area contributed by atoms with Crippen LogP contribution in [0.4, 0.5) is 11.4 Å². The van der Waals surface area contributed by atoms with E-state index in [1.165, 1.54) is 153 Å². The third-order valence-electron chi connectivity index (χ3n) is 9.61. The highest BCUT2D eigenvalue weighted by Gasteiger charge is 2.16. The number of rotatable bonds is 28. The van der Waals surface area contributed by atoms with Gasteiger partial charge in [-0.3, -0.25) is 0 Å². The van der Waals surface area contributed by atoms with E-state index in [1.807, 2.05) is 0 Å². The molecule has 2 aromatic carbocycles. The Labute approximate surface area is 286 Å². The van der Waals surface area contributed by atoms with Crippen molar-refractivity contribution < 1.29 is 8.97 Å². The van der Waals surface area contributed by atoms with Crippen LogP contribution in [0.1, 0.15) is 153 Å². The van der Waals surface area contributed by atoms with Crippen LogP contribution in [0.2, 0.25) is 0 Å². The predicted octanol–water partition coefficient (Wildman–Crippen LogP) is 13.1. The van der Waals surface area contributed by atoms with Crippen molar-refractivity contribution in [2.45, 2.75) is 155 Å². The lowest BCUT2D eigenvalue weighted by Crippen LogP contribution is -2.39. The molecule has 0 heterocycles. The lowest BCUT2D eigenvalue weighted by molar-refractivity contribution is -0.903. The molecule has 0 spiro atoms. The Morgan fingerprint density at radius 3 is 0.913 bits per heavy atom. The van der Waals surface area contributed by atoms with Crippen molar-refractivity contribution in [3.8, 4) is 0 Å². The van der Waals surface area contributed by atoms with Gasteiger partial charge in [-0.2, -0.15) is 10.2 Å². The van der Waals surface area contributed by atoms with Crippen molar-refractivity contribution in [1.29, 1.82) is 0 Å². The van der Waals surface area contributed by atoms with Gasteiger partial charge in [-0.1, -0.05) is 141 Å². The summed E-state index contributed by atoms with van der Waals surface area (Å²) < 4.78 is 2.08. The number of benzene rings is 2. The topological polar surface area (TPSA) is 24.7 Å². The van der Waals surface area contributed by atoms with E-state index in [9.17, 15) is 0 Å². The molecular weight excluding hydrogens is 560 g/mol. The molecule has 46 heavy (non-hydrogen) atoms. The molecule has 2 rings (SSSR count). The molecular formula is C42H74N4+2. The van der Waals surface area contributed by atoms with E-state index in [1.54, 1.807) is 0 Å². The molecule has 4 heteroatoms. The van der Waals surface area contributed by atoms with Crippen molar-refractivity contribution in [2.75, 3.05) is 41.3 Å². The SMILES string of the molecule is CCCCCCCCCCCC[N+](C)(C)Cc1ccc(N=Nc2ccc(C[N+](C)(C)CCCCCCCCCCCC)cc2)cc1. The number of unbranched alkanes of at least 4 members (excludes halogenated alkanes) is 18. The normalized spacial score (nSPS) is 12.4. The molecule has 0 bridgehead atoms. The van der Waals surface area contributed by atoms with Gasteiger partial charge >= 0.3 is 0 Å². The minimum atomic E-state index is 0.919. The van der Waals surface area contributed by atoms with Crippen LogP contribution in [0.3, 0.4) is 0 Å². The highest BCUT2D eigenvalue weighted by atomic mass is 15.3. The first-order valence-corrected chi connectivity index (χ1v) is 19.5. The van der Waals surface area contributed by atoms with Gasteiger partial charge in [-0.15, -0.1) is 0 Å². The second-order valence-electron chi connectivity index (χ2n) is 15.5. The Morgan fingerprint density at radius 1 is 0.370 bits per heavy atom. The summed E-state index contributed by atoms with van der Waals surface area (Å²) in [5, 5.41) is 9.06. The van der Waals surface area contributed by atoms with E-state index in [0.717, 1.165) is 33.4 Å². The fourth-order valence-electron chi connectivity index (χ4n) is 6.65. The Hall–Kier alpha value is -2.04. The van der Waals surface area contributed by atoms with Crippen molar-refractivity contribution in [1.82, 2.24) is 0 Å². The summed E-state index contributed by atoms with van der Waals surface area (Å²) in [4.78, 5) is 0. The number of azo groups is 1. The highest BCUT2D eigenvalue weighted by Crippen LogP contribution is 2.22. The third-order valence-corrected chi connectivity index (χ3v) is 9.61. The maximum atomic E-state index is 4.53. The van der Waals surface area contributed by atoms with E-state index in [2.05, 4.69) is 101 Å². The zero-order valence-corrected chi connectivity index (χ0v) is 31.4. The molecule has 0 N–H and O–H groups in total. The summed E-state index contributed by atoms with van der Waals surface area (Å²) in [6.07, 6.45) is 27.9.